The van der Waals surface area contributed by atoms with Crippen molar-refractivity contribution in [1.82, 2.24) is 0 Å². The molecule has 2 unspecified atom stereocenters. The molecule has 0 spiro atoms. The van der Waals surface area contributed by atoms with Crippen LogP contribution < -0.4 is 5.30 Å². The highest BCUT2D eigenvalue weighted by Gasteiger charge is 2.57. The van der Waals surface area contributed by atoms with E-state index >= 15 is 0 Å². The number of hydrogen-bond donors (Lipinski definition) is 8. The lowest BCUT2D eigenvalue weighted by Gasteiger charge is -2.44. The standard InChI is InChI=1S/C18H27O12P/c19-6-9(21)15-11(23)13(25)17(28-15)29-18-14(26)12(24)16(10(22)7-20)30-31(18,27)8-4-2-1-3-5-8/h1-5,9-26H,6-7H2/t9-,10+,11-,12+,13+,14-,15?,16-,17?,18+,31+/m0/s1. The van der Waals surface area contributed by atoms with E-state index in [4.69, 9.17) is 19.1 Å². The van der Waals surface area contributed by atoms with E-state index in [1.54, 1.807) is 6.07 Å². The molecule has 31 heavy (non-hydrogen) atoms. The van der Waals surface area contributed by atoms with Crippen LogP contribution in [0.25, 0.3) is 0 Å². The molecule has 2 heterocycles. The van der Waals surface area contributed by atoms with Crippen LogP contribution in [0.2, 0.25) is 0 Å². The Morgan fingerprint density at radius 3 is 2.00 bits per heavy atom. The molecule has 13 heteroatoms. The number of rotatable bonds is 7. The Kier molecular flexibility index (Phi) is 7.85. The van der Waals surface area contributed by atoms with Gasteiger partial charge in [0.2, 0.25) is 0 Å². The third kappa shape index (κ3) is 4.58. The summed E-state index contributed by atoms with van der Waals surface area (Å²) in [7, 11) is -4.23. The summed E-state index contributed by atoms with van der Waals surface area (Å²) in [4.78, 5) is 0. The molecule has 3 rings (SSSR count). The smallest absolute Gasteiger partial charge is 0.263 e. The van der Waals surface area contributed by atoms with Crippen molar-refractivity contribution in [2.24, 2.45) is 0 Å². The van der Waals surface area contributed by atoms with E-state index in [0.717, 1.165) is 0 Å². The quantitative estimate of drug-likeness (QED) is 0.182. The Morgan fingerprint density at radius 1 is 0.871 bits per heavy atom. The van der Waals surface area contributed by atoms with Crippen molar-refractivity contribution >= 4 is 12.7 Å². The summed E-state index contributed by atoms with van der Waals surface area (Å²) in [5.41, 5.74) is 0. The average Bonchev–Trinajstić information content (AvgIpc) is 3.07. The van der Waals surface area contributed by atoms with Crippen LogP contribution in [0.15, 0.2) is 30.3 Å². The first-order valence-electron chi connectivity index (χ1n) is 9.60. The van der Waals surface area contributed by atoms with E-state index in [1.165, 1.54) is 24.3 Å². The van der Waals surface area contributed by atoms with Gasteiger partial charge in [-0.15, -0.1) is 0 Å². The van der Waals surface area contributed by atoms with Gasteiger partial charge in [-0.2, -0.15) is 0 Å². The maximum Gasteiger partial charge on any atom is 0.263 e. The summed E-state index contributed by atoms with van der Waals surface area (Å²) in [5, 5.41) is 79.4. The minimum atomic E-state index is -4.23. The lowest BCUT2D eigenvalue weighted by Crippen LogP contribution is -2.57. The van der Waals surface area contributed by atoms with Crippen LogP contribution >= 0.6 is 7.37 Å². The van der Waals surface area contributed by atoms with Crippen molar-refractivity contribution in [1.29, 1.82) is 0 Å². The molecule has 0 saturated carbocycles. The minimum absolute atomic E-state index is 0.0565. The van der Waals surface area contributed by atoms with Gasteiger partial charge < -0.3 is 54.8 Å². The molecule has 1 aromatic rings. The van der Waals surface area contributed by atoms with Crippen LogP contribution in [0.5, 0.6) is 0 Å². The summed E-state index contributed by atoms with van der Waals surface area (Å²) in [5.74, 6) is -1.80. The van der Waals surface area contributed by atoms with Crippen LogP contribution in [0.1, 0.15) is 0 Å². The Morgan fingerprint density at radius 2 is 1.42 bits per heavy atom. The molecular weight excluding hydrogens is 439 g/mol. The van der Waals surface area contributed by atoms with Crippen molar-refractivity contribution in [3.05, 3.63) is 30.3 Å². The van der Waals surface area contributed by atoms with E-state index in [9.17, 15) is 40.3 Å². The van der Waals surface area contributed by atoms with Gasteiger partial charge in [0, 0.05) is 5.30 Å². The predicted molar refractivity (Wildman–Crippen MR) is 102 cm³/mol. The van der Waals surface area contributed by atoms with Gasteiger partial charge in [-0.05, 0) is 12.1 Å². The zero-order chi connectivity index (χ0) is 22.9. The van der Waals surface area contributed by atoms with Gasteiger partial charge in [0.1, 0.15) is 48.8 Å². The first kappa shape index (κ1) is 24.6. The van der Waals surface area contributed by atoms with Crippen LogP contribution in [0, 0.1) is 0 Å². The maximum atomic E-state index is 13.9. The summed E-state index contributed by atoms with van der Waals surface area (Å²) >= 11 is 0. The first-order chi connectivity index (χ1) is 14.7. The van der Waals surface area contributed by atoms with Crippen LogP contribution in [-0.4, -0.2) is 115 Å². The van der Waals surface area contributed by atoms with Gasteiger partial charge >= 0.3 is 0 Å². The molecule has 8 N–H and O–H groups in total. The van der Waals surface area contributed by atoms with Crippen molar-refractivity contribution < 1.29 is 59.4 Å². The van der Waals surface area contributed by atoms with Crippen LogP contribution in [0.3, 0.4) is 0 Å². The molecule has 1 aromatic carbocycles. The molecule has 0 bridgehead atoms. The van der Waals surface area contributed by atoms with Crippen LogP contribution in [0.4, 0.5) is 0 Å². The molecule has 0 aromatic heterocycles. The SMILES string of the molecule is O=[P@]1(c2ccccc2)O[C@@H]([C@H](O)CO)[C@H](O)[C@H](O)[C@@H]1OC1OC([C@@H](O)CO)[C@@H](O)[C@H]1O. The topological polar surface area (TPSA) is 207 Å². The molecule has 2 fully saturated rings. The van der Waals surface area contributed by atoms with Crippen molar-refractivity contribution in [3.8, 4) is 0 Å². The number of benzene rings is 1. The van der Waals surface area contributed by atoms with Crippen molar-refractivity contribution in [3.63, 3.8) is 0 Å². The molecule has 12 nitrogen and oxygen atoms in total. The van der Waals surface area contributed by atoms with Gasteiger partial charge in [-0.25, -0.2) is 0 Å². The summed E-state index contributed by atoms with van der Waals surface area (Å²) < 4.78 is 30.2. The van der Waals surface area contributed by atoms with Gasteiger partial charge in [-0.3, -0.25) is 4.57 Å². The Bertz CT molecular complexity index is 765. The zero-order valence-electron chi connectivity index (χ0n) is 16.2. The fraction of sp³-hybridized carbons (Fsp3) is 0.667. The van der Waals surface area contributed by atoms with Crippen molar-refractivity contribution in [2.75, 3.05) is 13.2 Å². The Balaban J connectivity index is 1.94. The molecular formula is C18H27O12P. The fourth-order valence-corrected chi connectivity index (χ4v) is 6.23. The molecule has 11 atom stereocenters. The minimum Gasteiger partial charge on any atom is -0.394 e. The van der Waals surface area contributed by atoms with E-state index in [1.807, 2.05) is 0 Å². The second kappa shape index (κ2) is 9.87. The summed E-state index contributed by atoms with van der Waals surface area (Å²) in [6, 6.07) is 7.50. The van der Waals surface area contributed by atoms with E-state index in [0.29, 0.717) is 0 Å². The highest BCUT2D eigenvalue weighted by Crippen LogP contribution is 2.58. The van der Waals surface area contributed by atoms with Crippen molar-refractivity contribution in [2.45, 2.75) is 61.0 Å². The highest BCUT2D eigenvalue weighted by molar-refractivity contribution is 7.67. The lowest BCUT2D eigenvalue weighted by molar-refractivity contribution is -0.224. The molecule has 0 radical (unpaired) electrons. The molecule has 0 amide bonds. The van der Waals surface area contributed by atoms with Gasteiger partial charge in [0.15, 0.2) is 12.1 Å². The highest BCUT2D eigenvalue weighted by atomic mass is 31.2. The number of ether oxygens (including phenoxy) is 2. The molecule has 2 aliphatic heterocycles. The molecule has 2 aliphatic rings. The summed E-state index contributed by atoms with van der Waals surface area (Å²) in [6.07, 6.45) is -15.1. The predicted octanol–water partition coefficient (Wildman–Crippen LogP) is -3.79. The summed E-state index contributed by atoms with van der Waals surface area (Å²) in [6.45, 7) is -1.62. The fourth-order valence-electron chi connectivity index (χ4n) is 3.62. The zero-order valence-corrected chi connectivity index (χ0v) is 17.1. The van der Waals surface area contributed by atoms with Gasteiger partial charge in [0.25, 0.3) is 7.37 Å². The third-order valence-electron chi connectivity index (χ3n) is 5.37. The first-order valence-corrected chi connectivity index (χ1v) is 11.3. The van der Waals surface area contributed by atoms with Gasteiger partial charge in [0.05, 0.1) is 13.2 Å². The second-order valence-electron chi connectivity index (χ2n) is 7.46. The molecule has 176 valence electrons. The van der Waals surface area contributed by atoms with Gasteiger partial charge in [-0.1, -0.05) is 18.2 Å². The number of aliphatic hydroxyl groups is 8. The van der Waals surface area contributed by atoms with E-state index in [2.05, 4.69) is 0 Å². The van der Waals surface area contributed by atoms with Crippen LogP contribution in [-0.2, 0) is 18.6 Å². The Labute approximate surface area is 177 Å². The number of aliphatic hydroxyl groups excluding tert-OH is 8. The molecule has 2 saturated heterocycles. The maximum absolute atomic E-state index is 13.9. The molecule has 0 aliphatic carbocycles. The number of hydrogen-bond acceptors (Lipinski definition) is 12. The second-order valence-corrected chi connectivity index (χ2v) is 9.89. The van der Waals surface area contributed by atoms with E-state index < -0.39 is 81.5 Å². The third-order valence-corrected chi connectivity index (χ3v) is 8.04. The normalized spacial score (nSPS) is 43.0. The van der Waals surface area contributed by atoms with E-state index in [-0.39, 0.29) is 5.30 Å². The monoisotopic (exact) mass is 466 g/mol. The largest absolute Gasteiger partial charge is 0.394 e. The Hall–Kier alpha value is -0.990. The lowest BCUT2D eigenvalue weighted by atomic mass is 10.0. The average molecular weight is 466 g/mol.